The average molecular weight is 373 g/mol. The fourth-order valence-corrected chi connectivity index (χ4v) is 3.31. The molecule has 0 atom stereocenters. The SMILES string of the molecule is Clc1ccc(CN(Cn2nccc2-c2ccncc2)C2CC2)cc1Cl. The molecule has 0 unspecified atom stereocenters. The minimum atomic E-state index is 0.593. The number of aromatic nitrogens is 3. The highest BCUT2D eigenvalue weighted by atomic mass is 35.5. The van der Waals surface area contributed by atoms with E-state index in [1.165, 1.54) is 18.4 Å². The first-order valence-corrected chi connectivity index (χ1v) is 9.06. The first kappa shape index (κ1) is 16.6. The molecule has 0 bridgehead atoms. The maximum Gasteiger partial charge on any atom is 0.0941 e. The fraction of sp³-hybridized carbons (Fsp3) is 0.263. The lowest BCUT2D eigenvalue weighted by atomic mass is 10.2. The van der Waals surface area contributed by atoms with Gasteiger partial charge in [-0.25, -0.2) is 0 Å². The number of rotatable bonds is 6. The summed E-state index contributed by atoms with van der Waals surface area (Å²) in [5.74, 6) is 0. The van der Waals surface area contributed by atoms with Crippen molar-refractivity contribution in [1.29, 1.82) is 0 Å². The Kier molecular flexibility index (Phi) is 4.75. The molecular weight excluding hydrogens is 355 g/mol. The monoisotopic (exact) mass is 372 g/mol. The first-order chi connectivity index (χ1) is 12.2. The van der Waals surface area contributed by atoms with Crippen LogP contribution in [0.2, 0.25) is 10.0 Å². The molecule has 6 heteroatoms. The van der Waals surface area contributed by atoms with E-state index in [1.807, 2.05) is 47.3 Å². The largest absolute Gasteiger partial charge is 0.277 e. The van der Waals surface area contributed by atoms with Crippen molar-refractivity contribution in [3.63, 3.8) is 0 Å². The zero-order valence-corrected chi connectivity index (χ0v) is 15.2. The Hall–Kier alpha value is -1.88. The average Bonchev–Trinajstić information content (AvgIpc) is 3.37. The molecule has 1 aliphatic carbocycles. The summed E-state index contributed by atoms with van der Waals surface area (Å²) in [7, 11) is 0. The van der Waals surface area contributed by atoms with Crippen LogP contribution < -0.4 is 0 Å². The third-order valence-corrected chi connectivity index (χ3v) is 5.18. The third-order valence-electron chi connectivity index (χ3n) is 4.44. The molecule has 1 aliphatic rings. The highest BCUT2D eigenvalue weighted by Gasteiger charge is 2.29. The molecular formula is C19H18Cl2N4. The predicted octanol–water partition coefficient (Wildman–Crippen LogP) is 4.87. The molecule has 4 rings (SSSR count). The Labute approximate surface area is 157 Å². The minimum Gasteiger partial charge on any atom is -0.277 e. The molecule has 128 valence electrons. The maximum absolute atomic E-state index is 6.17. The number of nitrogens with zero attached hydrogens (tertiary/aromatic N) is 4. The van der Waals surface area contributed by atoms with Gasteiger partial charge in [0, 0.05) is 36.7 Å². The van der Waals surface area contributed by atoms with Gasteiger partial charge in [-0.3, -0.25) is 14.6 Å². The molecule has 2 aromatic heterocycles. The molecule has 0 radical (unpaired) electrons. The molecule has 1 saturated carbocycles. The molecule has 0 N–H and O–H groups in total. The molecule has 1 fully saturated rings. The number of hydrogen-bond acceptors (Lipinski definition) is 3. The molecule has 25 heavy (non-hydrogen) atoms. The Bertz CT molecular complexity index is 859. The van der Waals surface area contributed by atoms with E-state index < -0.39 is 0 Å². The van der Waals surface area contributed by atoms with Gasteiger partial charge in [0.05, 0.1) is 22.4 Å². The van der Waals surface area contributed by atoms with E-state index in [2.05, 4.69) is 15.0 Å². The smallest absolute Gasteiger partial charge is 0.0941 e. The highest BCUT2D eigenvalue weighted by molar-refractivity contribution is 6.42. The lowest BCUT2D eigenvalue weighted by Crippen LogP contribution is -2.29. The summed E-state index contributed by atoms with van der Waals surface area (Å²) < 4.78 is 2.05. The summed E-state index contributed by atoms with van der Waals surface area (Å²) in [5, 5.41) is 5.72. The van der Waals surface area contributed by atoms with Crippen LogP contribution in [0.5, 0.6) is 0 Å². The van der Waals surface area contributed by atoms with Gasteiger partial charge in [0.1, 0.15) is 0 Å². The van der Waals surface area contributed by atoms with Gasteiger partial charge in [0.2, 0.25) is 0 Å². The quantitative estimate of drug-likeness (QED) is 0.618. The maximum atomic E-state index is 6.17. The molecule has 1 aromatic carbocycles. The molecule has 4 nitrogen and oxygen atoms in total. The Morgan fingerprint density at radius 1 is 1.00 bits per heavy atom. The van der Waals surface area contributed by atoms with Gasteiger partial charge in [-0.15, -0.1) is 0 Å². The summed E-state index contributed by atoms with van der Waals surface area (Å²) >= 11 is 12.2. The van der Waals surface area contributed by atoms with Crippen molar-refractivity contribution in [2.45, 2.75) is 32.1 Å². The second-order valence-corrected chi connectivity index (χ2v) is 7.13. The van der Waals surface area contributed by atoms with Gasteiger partial charge in [0.15, 0.2) is 0 Å². The van der Waals surface area contributed by atoms with Crippen molar-refractivity contribution in [2.75, 3.05) is 0 Å². The van der Waals surface area contributed by atoms with Gasteiger partial charge in [-0.05, 0) is 48.7 Å². The van der Waals surface area contributed by atoms with Crippen molar-refractivity contribution in [3.8, 4) is 11.3 Å². The van der Waals surface area contributed by atoms with Crippen molar-refractivity contribution < 1.29 is 0 Å². The molecule has 0 amide bonds. The fourth-order valence-electron chi connectivity index (χ4n) is 2.99. The summed E-state index contributed by atoms with van der Waals surface area (Å²) in [6, 6.07) is 12.5. The number of hydrogen-bond donors (Lipinski definition) is 0. The lowest BCUT2D eigenvalue weighted by Gasteiger charge is -2.23. The third kappa shape index (κ3) is 3.87. The summed E-state index contributed by atoms with van der Waals surface area (Å²) in [6.45, 7) is 1.58. The second-order valence-electron chi connectivity index (χ2n) is 6.32. The van der Waals surface area contributed by atoms with Gasteiger partial charge >= 0.3 is 0 Å². The molecule has 3 aromatic rings. The Balaban J connectivity index is 1.55. The number of halogens is 2. The number of pyridine rings is 1. The van der Waals surface area contributed by atoms with E-state index in [-0.39, 0.29) is 0 Å². The van der Waals surface area contributed by atoms with Gasteiger partial charge in [0.25, 0.3) is 0 Å². The van der Waals surface area contributed by atoms with Crippen LogP contribution >= 0.6 is 23.2 Å². The van der Waals surface area contributed by atoms with Crippen molar-refractivity contribution in [2.24, 2.45) is 0 Å². The minimum absolute atomic E-state index is 0.593. The van der Waals surface area contributed by atoms with Crippen molar-refractivity contribution in [1.82, 2.24) is 19.7 Å². The Morgan fingerprint density at radius 3 is 2.52 bits per heavy atom. The second kappa shape index (κ2) is 7.16. The van der Waals surface area contributed by atoms with Crippen LogP contribution in [0.3, 0.4) is 0 Å². The van der Waals surface area contributed by atoms with E-state index in [0.717, 1.165) is 24.5 Å². The van der Waals surface area contributed by atoms with Gasteiger partial charge in [-0.2, -0.15) is 5.10 Å². The normalized spacial score (nSPS) is 14.2. The number of benzene rings is 1. The van der Waals surface area contributed by atoms with Crippen molar-refractivity contribution >= 4 is 23.2 Å². The molecule has 2 heterocycles. The van der Waals surface area contributed by atoms with Crippen molar-refractivity contribution in [3.05, 3.63) is 70.6 Å². The van der Waals surface area contributed by atoms with Crippen LogP contribution in [-0.2, 0) is 13.2 Å². The summed E-state index contributed by atoms with van der Waals surface area (Å²) in [4.78, 5) is 6.53. The summed E-state index contributed by atoms with van der Waals surface area (Å²) in [5.41, 5.74) is 3.39. The van der Waals surface area contributed by atoms with Crippen LogP contribution in [0.1, 0.15) is 18.4 Å². The van der Waals surface area contributed by atoms with E-state index in [9.17, 15) is 0 Å². The summed E-state index contributed by atoms with van der Waals surface area (Å²) in [6.07, 6.45) is 7.92. The standard InChI is InChI=1S/C19H18Cl2N4/c20-17-4-1-14(11-18(17)21)12-24(16-2-3-16)13-25-19(7-10-23-25)15-5-8-22-9-6-15/h1,4-11,16H,2-3,12-13H2. The first-order valence-electron chi connectivity index (χ1n) is 8.31. The van der Waals surface area contributed by atoms with E-state index >= 15 is 0 Å². The lowest BCUT2D eigenvalue weighted by molar-refractivity contribution is 0.189. The van der Waals surface area contributed by atoms with Crippen LogP contribution in [0.25, 0.3) is 11.3 Å². The molecule has 0 aliphatic heterocycles. The zero-order valence-electron chi connectivity index (χ0n) is 13.6. The Morgan fingerprint density at radius 2 is 1.80 bits per heavy atom. The zero-order chi connectivity index (χ0) is 17.2. The van der Waals surface area contributed by atoms with Crippen LogP contribution in [0.15, 0.2) is 55.0 Å². The molecule has 0 spiro atoms. The van der Waals surface area contributed by atoms with Gasteiger partial charge in [-0.1, -0.05) is 29.3 Å². The topological polar surface area (TPSA) is 34.0 Å². The van der Waals surface area contributed by atoms with E-state index in [1.54, 1.807) is 12.4 Å². The van der Waals surface area contributed by atoms with Crippen LogP contribution in [0.4, 0.5) is 0 Å². The highest BCUT2D eigenvalue weighted by Crippen LogP contribution is 2.31. The van der Waals surface area contributed by atoms with E-state index in [0.29, 0.717) is 16.1 Å². The predicted molar refractivity (Wildman–Crippen MR) is 100 cm³/mol. The van der Waals surface area contributed by atoms with Crippen LogP contribution in [0, 0.1) is 0 Å². The molecule has 0 saturated heterocycles. The van der Waals surface area contributed by atoms with Gasteiger partial charge < -0.3 is 0 Å². The van der Waals surface area contributed by atoms with E-state index in [4.69, 9.17) is 23.2 Å². The van der Waals surface area contributed by atoms with Crippen LogP contribution in [-0.4, -0.2) is 25.7 Å².